The van der Waals surface area contributed by atoms with Crippen molar-refractivity contribution in [1.29, 1.82) is 0 Å². The van der Waals surface area contributed by atoms with Gasteiger partial charge in [-0.3, -0.25) is 4.79 Å². The van der Waals surface area contributed by atoms with E-state index in [2.05, 4.69) is 4.85 Å². The number of benzene rings is 1. The topological polar surface area (TPSA) is 41.7 Å². The van der Waals surface area contributed by atoms with Gasteiger partial charge in [0.2, 0.25) is 11.6 Å². The molecule has 6 heteroatoms. The fraction of sp³-hybridized carbons (Fsp3) is 0.421. The molecule has 3 atom stereocenters. The predicted molar refractivity (Wildman–Crippen MR) is 87.7 cm³/mol. The summed E-state index contributed by atoms with van der Waals surface area (Å²) in [6, 6.07) is 8.87. The summed E-state index contributed by atoms with van der Waals surface area (Å²) in [6.45, 7) is 8.57. The number of Topliss-reactive ketones (excluding diaryl/α,β-unsaturated/α-hetero) is 1. The zero-order chi connectivity index (χ0) is 18.2. The molecule has 0 aromatic heterocycles. The number of nitrogens with zero attached hydrogens (tertiary/aromatic N) is 2. The summed E-state index contributed by atoms with van der Waals surface area (Å²) in [5.74, 6) is -1.57. The standard InChI is InChI=1S/C19H18F2N2O2/c1-12-14-8-9-23(11-16(20)21)18(25)19(14,10-15(22-2)17(12)24)13-6-4-3-5-7-13/h3-7,10,12,14,16H,8-9,11H2,1H3/t12-,14-,19+/m0/s1. The first-order valence-corrected chi connectivity index (χ1v) is 8.19. The summed E-state index contributed by atoms with van der Waals surface area (Å²) >= 11 is 0. The Hall–Kier alpha value is -2.55. The molecule has 3 rings (SSSR count). The lowest BCUT2D eigenvalue weighted by molar-refractivity contribution is -0.147. The Labute approximate surface area is 144 Å². The molecule has 1 aliphatic carbocycles. The molecule has 130 valence electrons. The predicted octanol–water partition coefficient (Wildman–Crippen LogP) is 3.06. The van der Waals surface area contributed by atoms with Crippen LogP contribution in [0.1, 0.15) is 18.9 Å². The fourth-order valence-electron chi connectivity index (χ4n) is 4.12. The van der Waals surface area contributed by atoms with E-state index in [4.69, 9.17) is 6.57 Å². The number of fused-ring (bicyclic) bond motifs is 1. The molecule has 1 aromatic rings. The zero-order valence-electron chi connectivity index (χ0n) is 13.8. The Kier molecular flexibility index (Phi) is 4.42. The van der Waals surface area contributed by atoms with Gasteiger partial charge >= 0.3 is 0 Å². The van der Waals surface area contributed by atoms with Crippen LogP contribution in [0, 0.1) is 18.4 Å². The maximum atomic E-state index is 13.3. The van der Waals surface area contributed by atoms with Crippen LogP contribution in [0.4, 0.5) is 8.78 Å². The minimum Gasteiger partial charge on any atom is -0.336 e. The van der Waals surface area contributed by atoms with E-state index in [9.17, 15) is 18.4 Å². The Balaban J connectivity index is 2.21. The maximum Gasteiger partial charge on any atom is 0.255 e. The number of likely N-dealkylation sites (tertiary alicyclic amines) is 1. The van der Waals surface area contributed by atoms with Crippen LogP contribution in [-0.2, 0) is 15.0 Å². The molecular formula is C19H18F2N2O2. The monoisotopic (exact) mass is 344 g/mol. The van der Waals surface area contributed by atoms with Gasteiger partial charge in [0, 0.05) is 12.5 Å². The second-order valence-electron chi connectivity index (χ2n) is 6.57. The van der Waals surface area contributed by atoms with Gasteiger partial charge < -0.3 is 9.69 Å². The van der Waals surface area contributed by atoms with Gasteiger partial charge in [-0.25, -0.2) is 13.6 Å². The van der Waals surface area contributed by atoms with E-state index in [1.165, 1.54) is 6.08 Å². The smallest absolute Gasteiger partial charge is 0.255 e. The highest BCUT2D eigenvalue weighted by Gasteiger charge is 2.56. The number of amides is 1. The van der Waals surface area contributed by atoms with E-state index in [1.807, 2.05) is 0 Å². The summed E-state index contributed by atoms with van der Waals surface area (Å²) in [5, 5.41) is 0. The SMILES string of the molecule is [C-]#[N+]C1=C[C@]2(c3ccccc3)C(=O)N(CC(F)F)CC[C@H]2[C@H](C)C1=O. The number of ketones is 1. The zero-order valence-corrected chi connectivity index (χ0v) is 13.8. The molecule has 1 fully saturated rings. The number of rotatable bonds is 3. The highest BCUT2D eigenvalue weighted by Crippen LogP contribution is 2.49. The Morgan fingerprint density at radius 2 is 2.00 bits per heavy atom. The molecule has 0 bridgehead atoms. The van der Waals surface area contributed by atoms with Crippen molar-refractivity contribution < 1.29 is 18.4 Å². The fourth-order valence-corrected chi connectivity index (χ4v) is 4.12. The highest BCUT2D eigenvalue weighted by molar-refractivity contribution is 6.04. The normalized spacial score (nSPS) is 29.2. The molecule has 1 aliphatic heterocycles. The molecule has 1 heterocycles. The Bertz CT molecular complexity index is 769. The highest BCUT2D eigenvalue weighted by atomic mass is 19.3. The molecule has 2 aliphatic rings. The average molecular weight is 344 g/mol. The first-order chi connectivity index (χ1) is 11.9. The number of hydrogen-bond acceptors (Lipinski definition) is 2. The molecular weight excluding hydrogens is 326 g/mol. The number of hydrogen-bond donors (Lipinski definition) is 0. The largest absolute Gasteiger partial charge is 0.336 e. The van der Waals surface area contributed by atoms with E-state index in [1.54, 1.807) is 37.3 Å². The lowest BCUT2D eigenvalue weighted by Gasteiger charge is -2.50. The van der Waals surface area contributed by atoms with E-state index in [0.29, 0.717) is 12.0 Å². The first kappa shape index (κ1) is 17.3. The second-order valence-corrected chi connectivity index (χ2v) is 6.57. The van der Waals surface area contributed by atoms with Gasteiger partial charge in [0.15, 0.2) is 5.78 Å². The molecule has 0 spiro atoms. The van der Waals surface area contributed by atoms with Crippen LogP contribution in [0.3, 0.4) is 0 Å². The number of carbonyl (C=O) groups is 2. The van der Waals surface area contributed by atoms with Gasteiger partial charge in [0.1, 0.15) is 0 Å². The minimum absolute atomic E-state index is 0.0835. The molecule has 4 nitrogen and oxygen atoms in total. The van der Waals surface area contributed by atoms with Crippen LogP contribution in [-0.4, -0.2) is 36.1 Å². The number of carbonyl (C=O) groups excluding carboxylic acids is 2. The van der Waals surface area contributed by atoms with Crippen LogP contribution in [0.5, 0.6) is 0 Å². The summed E-state index contributed by atoms with van der Waals surface area (Å²) in [4.78, 5) is 30.2. The van der Waals surface area contributed by atoms with Crippen molar-refractivity contribution in [3.63, 3.8) is 0 Å². The van der Waals surface area contributed by atoms with Gasteiger partial charge in [-0.15, -0.1) is 0 Å². The summed E-state index contributed by atoms with van der Waals surface area (Å²) in [6.07, 6.45) is -0.759. The van der Waals surface area contributed by atoms with Crippen LogP contribution in [0.15, 0.2) is 42.1 Å². The lowest BCUT2D eigenvalue weighted by atomic mass is 9.58. The van der Waals surface area contributed by atoms with Crippen molar-refractivity contribution in [2.75, 3.05) is 13.1 Å². The van der Waals surface area contributed by atoms with Crippen molar-refractivity contribution in [1.82, 2.24) is 4.90 Å². The minimum atomic E-state index is -2.62. The van der Waals surface area contributed by atoms with Crippen LogP contribution in [0.2, 0.25) is 0 Å². The molecule has 1 amide bonds. The van der Waals surface area contributed by atoms with Crippen LogP contribution in [0.25, 0.3) is 4.85 Å². The van der Waals surface area contributed by atoms with Crippen LogP contribution < -0.4 is 0 Å². The van der Waals surface area contributed by atoms with E-state index in [-0.39, 0.29) is 23.9 Å². The molecule has 25 heavy (non-hydrogen) atoms. The molecule has 0 N–H and O–H groups in total. The quantitative estimate of drug-likeness (QED) is 0.791. The summed E-state index contributed by atoms with van der Waals surface area (Å²) in [7, 11) is 0. The lowest BCUT2D eigenvalue weighted by Crippen LogP contribution is -2.60. The van der Waals surface area contributed by atoms with Gasteiger partial charge in [-0.05, 0) is 17.9 Å². The number of halogens is 2. The molecule has 1 aromatic carbocycles. The molecule has 0 radical (unpaired) electrons. The number of alkyl halides is 2. The second kappa shape index (κ2) is 6.40. The third-order valence-corrected chi connectivity index (χ3v) is 5.30. The van der Waals surface area contributed by atoms with E-state index in [0.717, 1.165) is 4.90 Å². The number of allylic oxidation sites excluding steroid dienone is 1. The van der Waals surface area contributed by atoms with Crippen molar-refractivity contribution in [2.24, 2.45) is 11.8 Å². The third-order valence-electron chi connectivity index (χ3n) is 5.30. The first-order valence-electron chi connectivity index (χ1n) is 8.19. The van der Waals surface area contributed by atoms with Crippen molar-refractivity contribution in [3.8, 4) is 0 Å². The molecule has 0 unspecified atom stereocenters. The summed E-state index contributed by atoms with van der Waals surface area (Å²) < 4.78 is 25.8. The van der Waals surface area contributed by atoms with Gasteiger partial charge in [-0.1, -0.05) is 43.3 Å². The summed E-state index contributed by atoms with van der Waals surface area (Å²) in [5.41, 5.74) is -0.675. The van der Waals surface area contributed by atoms with E-state index < -0.39 is 30.2 Å². The molecule has 0 saturated carbocycles. The average Bonchev–Trinajstić information content (AvgIpc) is 2.61. The van der Waals surface area contributed by atoms with Gasteiger partial charge in [0.05, 0.1) is 18.5 Å². The van der Waals surface area contributed by atoms with E-state index >= 15 is 0 Å². The van der Waals surface area contributed by atoms with Crippen LogP contribution >= 0.6 is 0 Å². The van der Waals surface area contributed by atoms with Crippen molar-refractivity contribution >= 4 is 11.7 Å². The van der Waals surface area contributed by atoms with Crippen molar-refractivity contribution in [3.05, 3.63) is 59.1 Å². The molecule has 1 saturated heterocycles. The Morgan fingerprint density at radius 1 is 1.32 bits per heavy atom. The third kappa shape index (κ3) is 2.64. The van der Waals surface area contributed by atoms with Gasteiger partial charge in [0.25, 0.3) is 6.43 Å². The maximum absolute atomic E-state index is 13.3. The number of piperidine rings is 1. The van der Waals surface area contributed by atoms with Gasteiger partial charge in [-0.2, -0.15) is 0 Å². The van der Waals surface area contributed by atoms with Crippen molar-refractivity contribution in [2.45, 2.75) is 25.2 Å². The Morgan fingerprint density at radius 3 is 2.60 bits per heavy atom.